The van der Waals surface area contributed by atoms with Crippen LogP contribution < -0.4 is 0 Å². The average Bonchev–Trinajstić information content (AvgIpc) is 2.83. The van der Waals surface area contributed by atoms with E-state index in [9.17, 15) is 10.2 Å². The Labute approximate surface area is 141 Å². The highest BCUT2D eigenvalue weighted by Gasteiger charge is 2.61. The van der Waals surface area contributed by atoms with E-state index in [1.807, 2.05) is 0 Å². The lowest BCUT2D eigenvalue weighted by Gasteiger charge is -2.62. The number of terminal acetylenes is 1. The molecule has 9 atom stereocenters. The molecule has 4 fully saturated rings. The van der Waals surface area contributed by atoms with Gasteiger partial charge < -0.3 is 10.2 Å². The van der Waals surface area contributed by atoms with Gasteiger partial charge in [-0.15, -0.1) is 12.3 Å². The Morgan fingerprint density at radius 2 is 1.57 bits per heavy atom. The van der Waals surface area contributed by atoms with Crippen molar-refractivity contribution in [3.63, 3.8) is 0 Å². The third-order valence-electron chi connectivity index (χ3n) is 8.85. The van der Waals surface area contributed by atoms with Gasteiger partial charge in [0.1, 0.15) is 0 Å². The summed E-state index contributed by atoms with van der Waals surface area (Å²) in [5.74, 6) is 6.00. The molecule has 0 spiro atoms. The van der Waals surface area contributed by atoms with Crippen molar-refractivity contribution < 1.29 is 10.2 Å². The second-order valence-corrected chi connectivity index (χ2v) is 9.56. The molecule has 0 radical (unpaired) electrons. The SMILES string of the molecule is C#CC1C[C@@H]2[C@@H](CC[C@]3(C)C(O)CC[C@@H]23)[C@@]2(C)CCC(O)CC12. The standard InChI is InChI=1S/C21H32O2/c1-4-13-11-15-16-5-6-19(23)21(16,3)10-8-17(15)20(2)9-7-14(22)12-18(13)20/h1,13-19,22-23H,5-12H2,2-3H3/t13?,14?,15-,16-,17+,18?,19?,20+,21-/m0/s1. The average molecular weight is 316 g/mol. The minimum absolute atomic E-state index is 0.114. The van der Waals surface area contributed by atoms with Crippen molar-refractivity contribution >= 4 is 0 Å². The van der Waals surface area contributed by atoms with Crippen LogP contribution in [0.1, 0.15) is 65.2 Å². The molecule has 0 heterocycles. The van der Waals surface area contributed by atoms with Crippen LogP contribution in [0.25, 0.3) is 0 Å². The van der Waals surface area contributed by atoms with Gasteiger partial charge in [0, 0.05) is 5.92 Å². The summed E-state index contributed by atoms with van der Waals surface area (Å²) in [5, 5.41) is 20.8. The largest absolute Gasteiger partial charge is 0.393 e. The van der Waals surface area contributed by atoms with Gasteiger partial charge >= 0.3 is 0 Å². The summed E-state index contributed by atoms with van der Waals surface area (Å²) in [6.45, 7) is 4.80. The molecule has 0 aromatic rings. The monoisotopic (exact) mass is 316 g/mol. The molecule has 4 saturated carbocycles. The number of hydrogen-bond acceptors (Lipinski definition) is 2. The smallest absolute Gasteiger partial charge is 0.0596 e. The maximum atomic E-state index is 10.6. The molecule has 2 heteroatoms. The van der Waals surface area contributed by atoms with Crippen LogP contribution >= 0.6 is 0 Å². The Hall–Kier alpha value is -0.520. The molecule has 4 unspecified atom stereocenters. The Balaban J connectivity index is 1.70. The second-order valence-electron chi connectivity index (χ2n) is 9.56. The zero-order chi connectivity index (χ0) is 16.4. The molecule has 4 aliphatic carbocycles. The highest BCUT2D eigenvalue weighted by molar-refractivity contribution is 5.15. The third-order valence-corrected chi connectivity index (χ3v) is 8.85. The second kappa shape index (κ2) is 5.24. The first kappa shape index (κ1) is 16.0. The summed E-state index contributed by atoms with van der Waals surface area (Å²) < 4.78 is 0. The summed E-state index contributed by atoms with van der Waals surface area (Å²) in [7, 11) is 0. The molecule has 4 aliphatic rings. The molecule has 0 aromatic heterocycles. The van der Waals surface area contributed by atoms with Gasteiger partial charge in [-0.25, -0.2) is 0 Å². The van der Waals surface area contributed by atoms with Gasteiger partial charge in [0.2, 0.25) is 0 Å². The van der Waals surface area contributed by atoms with Gasteiger partial charge in [-0.1, -0.05) is 13.8 Å². The molecule has 0 bridgehead atoms. The van der Waals surface area contributed by atoms with E-state index in [1.54, 1.807) is 0 Å². The first-order chi connectivity index (χ1) is 10.9. The zero-order valence-corrected chi connectivity index (χ0v) is 14.7. The van der Waals surface area contributed by atoms with E-state index in [0.29, 0.717) is 29.1 Å². The van der Waals surface area contributed by atoms with Crippen LogP contribution in [-0.2, 0) is 0 Å². The molecule has 2 nitrogen and oxygen atoms in total. The van der Waals surface area contributed by atoms with E-state index in [4.69, 9.17) is 6.42 Å². The normalized spacial score (nSPS) is 58.7. The van der Waals surface area contributed by atoms with E-state index in [2.05, 4.69) is 19.8 Å². The predicted molar refractivity (Wildman–Crippen MR) is 91.4 cm³/mol. The molecule has 2 N–H and O–H groups in total. The summed E-state index contributed by atoms with van der Waals surface area (Å²) in [6, 6.07) is 0. The van der Waals surface area contributed by atoms with E-state index in [-0.39, 0.29) is 17.6 Å². The maximum absolute atomic E-state index is 10.6. The molecule has 0 saturated heterocycles. The fraction of sp³-hybridized carbons (Fsp3) is 0.905. The first-order valence-electron chi connectivity index (χ1n) is 9.72. The number of rotatable bonds is 0. The minimum atomic E-state index is -0.150. The van der Waals surface area contributed by atoms with Crippen LogP contribution in [0.3, 0.4) is 0 Å². The van der Waals surface area contributed by atoms with Crippen LogP contribution in [0, 0.1) is 52.8 Å². The molecule has 23 heavy (non-hydrogen) atoms. The fourth-order valence-electron chi connectivity index (χ4n) is 7.48. The minimum Gasteiger partial charge on any atom is -0.393 e. The van der Waals surface area contributed by atoms with Crippen molar-refractivity contribution in [2.75, 3.05) is 0 Å². The van der Waals surface area contributed by atoms with Crippen LogP contribution in [0.4, 0.5) is 0 Å². The molecule has 0 amide bonds. The maximum Gasteiger partial charge on any atom is 0.0596 e. The van der Waals surface area contributed by atoms with Crippen molar-refractivity contribution in [3.05, 3.63) is 0 Å². The number of fused-ring (bicyclic) bond motifs is 5. The highest BCUT2D eigenvalue weighted by atomic mass is 16.3. The van der Waals surface area contributed by atoms with E-state index in [1.165, 1.54) is 19.3 Å². The number of aliphatic hydroxyl groups excluding tert-OH is 2. The topological polar surface area (TPSA) is 40.5 Å². The van der Waals surface area contributed by atoms with Gasteiger partial charge in [0.25, 0.3) is 0 Å². The van der Waals surface area contributed by atoms with Gasteiger partial charge in [-0.2, -0.15) is 0 Å². The summed E-state index contributed by atoms with van der Waals surface area (Å²) in [4.78, 5) is 0. The Bertz CT molecular complexity index is 522. The molecule has 128 valence electrons. The lowest BCUT2D eigenvalue weighted by Crippen LogP contribution is -2.56. The highest BCUT2D eigenvalue weighted by Crippen LogP contribution is 2.67. The van der Waals surface area contributed by atoms with Crippen LogP contribution in [0.2, 0.25) is 0 Å². The molecular formula is C21H32O2. The summed E-state index contributed by atoms with van der Waals surface area (Å²) >= 11 is 0. The van der Waals surface area contributed by atoms with E-state index in [0.717, 1.165) is 38.0 Å². The van der Waals surface area contributed by atoms with E-state index < -0.39 is 0 Å². The van der Waals surface area contributed by atoms with Crippen LogP contribution in [0.5, 0.6) is 0 Å². The fourth-order valence-corrected chi connectivity index (χ4v) is 7.48. The van der Waals surface area contributed by atoms with Crippen molar-refractivity contribution in [1.82, 2.24) is 0 Å². The van der Waals surface area contributed by atoms with Crippen molar-refractivity contribution in [2.24, 2.45) is 40.4 Å². The van der Waals surface area contributed by atoms with Crippen molar-refractivity contribution in [2.45, 2.75) is 77.4 Å². The lowest BCUT2D eigenvalue weighted by molar-refractivity contribution is -0.146. The lowest BCUT2D eigenvalue weighted by atomic mass is 9.43. The summed E-state index contributed by atoms with van der Waals surface area (Å²) in [6.07, 6.45) is 14.4. The Morgan fingerprint density at radius 1 is 0.870 bits per heavy atom. The van der Waals surface area contributed by atoms with E-state index >= 15 is 0 Å². The number of hydrogen-bond donors (Lipinski definition) is 2. The van der Waals surface area contributed by atoms with Gasteiger partial charge in [-0.3, -0.25) is 0 Å². The summed E-state index contributed by atoms with van der Waals surface area (Å²) in [5.41, 5.74) is 0.422. The molecular weight excluding hydrogens is 284 g/mol. The number of aliphatic hydroxyl groups is 2. The van der Waals surface area contributed by atoms with Gasteiger partial charge in [0.15, 0.2) is 0 Å². The van der Waals surface area contributed by atoms with Crippen molar-refractivity contribution in [1.29, 1.82) is 0 Å². The Morgan fingerprint density at radius 3 is 2.30 bits per heavy atom. The molecule has 0 aliphatic heterocycles. The first-order valence-corrected chi connectivity index (χ1v) is 9.72. The zero-order valence-electron chi connectivity index (χ0n) is 14.7. The Kier molecular flexibility index (Phi) is 3.64. The molecule has 4 rings (SSSR count). The third kappa shape index (κ3) is 2.09. The van der Waals surface area contributed by atoms with Crippen molar-refractivity contribution in [3.8, 4) is 12.3 Å². The van der Waals surface area contributed by atoms with Gasteiger partial charge in [-0.05, 0) is 85.9 Å². The van der Waals surface area contributed by atoms with Gasteiger partial charge in [0.05, 0.1) is 12.2 Å². The van der Waals surface area contributed by atoms with Crippen LogP contribution in [-0.4, -0.2) is 22.4 Å². The predicted octanol–water partition coefficient (Wildman–Crippen LogP) is 3.61. The van der Waals surface area contributed by atoms with Crippen LogP contribution in [0.15, 0.2) is 0 Å². The quantitative estimate of drug-likeness (QED) is 0.670. The molecule has 0 aromatic carbocycles.